The van der Waals surface area contributed by atoms with Gasteiger partial charge in [0, 0.05) is 27.2 Å². The molecule has 0 saturated carbocycles. The Morgan fingerprint density at radius 2 is 1.79 bits per heavy atom. The van der Waals surface area contributed by atoms with Crippen LogP contribution in [0.5, 0.6) is 0 Å². The minimum atomic E-state index is -0.781. The van der Waals surface area contributed by atoms with E-state index in [1.165, 1.54) is 11.3 Å². The quantitative estimate of drug-likeness (QED) is 0.197. The number of aryl methyl sites for hydroxylation is 1. The fourth-order valence-electron chi connectivity index (χ4n) is 4.86. The summed E-state index contributed by atoms with van der Waals surface area (Å²) >= 11 is 13.7. The summed E-state index contributed by atoms with van der Waals surface area (Å²) < 4.78 is 13.5. The summed E-state index contributed by atoms with van der Waals surface area (Å²) in [5, 5.41) is 1.19. The Hall–Kier alpha value is -4.17. The van der Waals surface area contributed by atoms with Crippen LogP contribution in [-0.2, 0) is 9.53 Å². The molecule has 42 heavy (non-hydrogen) atoms. The highest BCUT2D eigenvalue weighted by molar-refractivity contribution is 7.07. The zero-order valence-electron chi connectivity index (χ0n) is 22.6. The fraction of sp³-hybridized carbons (Fsp3) is 0.121. The highest BCUT2D eigenvalue weighted by atomic mass is 35.5. The van der Waals surface area contributed by atoms with Gasteiger partial charge in [-0.05, 0) is 55.3 Å². The van der Waals surface area contributed by atoms with Gasteiger partial charge < -0.3 is 9.15 Å². The van der Waals surface area contributed by atoms with Crippen molar-refractivity contribution in [3.63, 3.8) is 0 Å². The molecule has 0 N–H and O–H groups in total. The fourth-order valence-corrected chi connectivity index (χ4v) is 6.15. The molecule has 0 saturated heterocycles. The van der Waals surface area contributed by atoms with E-state index in [1.54, 1.807) is 35.8 Å². The molecule has 2 aromatic heterocycles. The molecular weight excluding hydrogens is 591 g/mol. The van der Waals surface area contributed by atoms with Gasteiger partial charge in [0.25, 0.3) is 5.56 Å². The van der Waals surface area contributed by atoms with Crippen molar-refractivity contribution in [2.75, 3.05) is 6.61 Å². The summed E-state index contributed by atoms with van der Waals surface area (Å²) in [5.41, 5.74) is 3.68. The molecule has 0 amide bonds. The number of hydrogen-bond donors (Lipinski definition) is 0. The summed E-state index contributed by atoms with van der Waals surface area (Å²) in [6, 6.07) is 25.1. The minimum absolute atomic E-state index is 0.176. The van der Waals surface area contributed by atoms with Gasteiger partial charge in [-0.15, -0.1) is 0 Å². The van der Waals surface area contributed by atoms with E-state index in [0.717, 1.165) is 16.7 Å². The predicted octanol–water partition coefficient (Wildman–Crippen LogP) is 6.81. The molecule has 1 aliphatic rings. The lowest BCUT2D eigenvalue weighted by Gasteiger charge is -2.25. The molecule has 0 bridgehead atoms. The second kappa shape index (κ2) is 11.6. The van der Waals surface area contributed by atoms with E-state index >= 15 is 0 Å². The van der Waals surface area contributed by atoms with Crippen LogP contribution in [-0.4, -0.2) is 17.1 Å². The lowest BCUT2D eigenvalue weighted by molar-refractivity contribution is -0.138. The number of nitrogens with zero attached hydrogens (tertiary/aromatic N) is 2. The van der Waals surface area contributed by atoms with E-state index in [0.29, 0.717) is 42.2 Å². The SMILES string of the molecule is CCOC(=O)C1=C(c2ccccc2)N=c2s/c(=C\c3ccc(-c4ccc(C)c(Cl)c4)o3)c(=O)n2C1c1ccc(Cl)cc1. The number of thiazole rings is 1. The van der Waals surface area contributed by atoms with E-state index in [-0.39, 0.29) is 17.7 Å². The summed E-state index contributed by atoms with van der Waals surface area (Å²) in [6.45, 7) is 3.86. The second-order valence-corrected chi connectivity index (χ2v) is 11.5. The molecule has 0 radical (unpaired) electrons. The zero-order valence-corrected chi connectivity index (χ0v) is 25.0. The van der Waals surface area contributed by atoms with Gasteiger partial charge in [0.15, 0.2) is 4.80 Å². The van der Waals surface area contributed by atoms with Crippen molar-refractivity contribution >= 4 is 52.3 Å². The third kappa shape index (κ3) is 5.27. The molecule has 0 aliphatic carbocycles. The molecule has 210 valence electrons. The molecular formula is C33H24Cl2N2O4S. The van der Waals surface area contributed by atoms with Crippen molar-refractivity contribution in [2.24, 2.45) is 4.99 Å². The molecule has 0 fully saturated rings. The molecule has 1 atom stereocenters. The average Bonchev–Trinajstić information content (AvgIpc) is 3.59. The van der Waals surface area contributed by atoms with Crippen LogP contribution < -0.4 is 14.9 Å². The van der Waals surface area contributed by atoms with Crippen molar-refractivity contribution in [1.29, 1.82) is 0 Å². The van der Waals surface area contributed by atoms with Gasteiger partial charge in [-0.3, -0.25) is 9.36 Å². The maximum Gasteiger partial charge on any atom is 0.338 e. The Labute approximate surface area is 255 Å². The highest BCUT2D eigenvalue weighted by Gasteiger charge is 2.35. The largest absolute Gasteiger partial charge is 0.463 e. The van der Waals surface area contributed by atoms with Crippen LogP contribution in [0.25, 0.3) is 23.1 Å². The number of rotatable bonds is 6. The standard InChI is InChI=1S/C33H24Cl2N2O4S/c1-3-40-32(39)28-29(20-7-5-4-6-8-20)36-33-37(30(28)21-11-13-23(34)14-12-21)31(38)27(42-33)18-24-15-16-26(41-24)22-10-9-19(2)25(35)17-22/h4-18,30H,3H2,1-2H3/b27-18-. The van der Waals surface area contributed by atoms with Crippen LogP contribution in [0, 0.1) is 6.92 Å². The molecule has 0 spiro atoms. The summed E-state index contributed by atoms with van der Waals surface area (Å²) in [6.07, 6.45) is 1.69. The number of carbonyl (C=O) groups excluding carboxylic acids is 1. The molecule has 5 aromatic rings. The predicted molar refractivity (Wildman–Crippen MR) is 166 cm³/mol. The average molecular weight is 616 g/mol. The summed E-state index contributed by atoms with van der Waals surface area (Å²) in [7, 11) is 0. The number of halogens is 2. The third-order valence-corrected chi connectivity index (χ3v) is 8.56. The van der Waals surface area contributed by atoms with Gasteiger partial charge >= 0.3 is 5.97 Å². The minimum Gasteiger partial charge on any atom is -0.463 e. The number of furan rings is 1. The number of carbonyl (C=O) groups is 1. The van der Waals surface area contributed by atoms with Crippen LogP contribution in [0.4, 0.5) is 0 Å². The van der Waals surface area contributed by atoms with Gasteiger partial charge in [-0.2, -0.15) is 0 Å². The Kier molecular flexibility index (Phi) is 7.73. The molecule has 1 unspecified atom stereocenters. The summed E-state index contributed by atoms with van der Waals surface area (Å²) in [4.78, 5) is 32.9. The molecule has 3 aromatic carbocycles. The first-order valence-electron chi connectivity index (χ1n) is 13.2. The van der Waals surface area contributed by atoms with Crippen LogP contribution in [0.1, 0.15) is 35.4 Å². The number of fused-ring (bicyclic) bond motifs is 1. The van der Waals surface area contributed by atoms with Crippen molar-refractivity contribution in [2.45, 2.75) is 19.9 Å². The summed E-state index contributed by atoms with van der Waals surface area (Å²) in [5.74, 6) is 0.593. The Morgan fingerprint density at radius 3 is 2.50 bits per heavy atom. The first kappa shape index (κ1) is 28.0. The van der Waals surface area contributed by atoms with Gasteiger partial charge in [-0.1, -0.05) is 89.1 Å². The van der Waals surface area contributed by atoms with E-state index in [1.807, 2.05) is 73.7 Å². The molecule has 1 aliphatic heterocycles. The molecule has 9 heteroatoms. The van der Waals surface area contributed by atoms with Gasteiger partial charge in [0.05, 0.1) is 28.5 Å². The van der Waals surface area contributed by atoms with Crippen molar-refractivity contribution in [3.05, 3.63) is 143 Å². The maximum absolute atomic E-state index is 14.0. The van der Waals surface area contributed by atoms with Crippen LogP contribution >= 0.6 is 34.5 Å². The van der Waals surface area contributed by atoms with E-state index in [9.17, 15) is 9.59 Å². The molecule has 3 heterocycles. The van der Waals surface area contributed by atoms with Crippen molar-refractivity contribution in [1.82, 2.24) is 4.57 Å². The first-order valence-corrected chi connectivity index (χ1v) is 14.8. The Morgan fingerprint density at radius 1 is 1.02 bits per heavy atom. The second-order valence-electron chi connectivity index (χ2n) is 9.65. The molecule has 6 rings (SSSR count). The van der Waals surface area contributed by atoms with Crippen LogP contribution in [0.2, 0.25) is 10.0 Å². The van der Waals surface area contributed by atoms with Crippen molar-refractivity contribution in [3.8, 4) is 11.3 Å². The lowest BCUT2D eigenvalue weighted by Crippen LogP contribution is -2.39. The van der Waals surface area contributed by atoms with E-state index in [2.05, 4.69) is 0 Å². The number of hydrogen-bond acceptors (Lipinski definition) is 6. The lowest BCUT2D eigenvalue weighted by atomic mass is 9.93. The van der Waals surface area contributed by atoms with E-state index in [4.69, 9.17) is 37.3 Å². The Bertz CT molecular complexity index is 2020. The number of benzene rings is 3. The van der Waals surface area contributed by atoms with E-state index < -0.39 is 12.0 Å². The highest BCUT2D eigenvalue weighted by Crippen LogP contribution is 2.35. The van der Waals surface area contributed by atoms with Crippen LogP contribution in [0.3, 0.4) is 0 Å². The zero-order chi connectivity index (χ0) is 29.4. The van der Waals surface area contributed by atoms with Gasteiger partial charge in [0.1, 0.15) is 11.5 Å². The number of ether oxygens (including phenoxy) is 1. The normalized spacial score (nSPS) is 15.0. The number of esters is 1. The monoisotopic (exact) mass is 614 g/mol. The Balaban J connectivity index is 1.55. The third-order valence-electron chi connectivity index (χ3n) is 6.92. The van der Waals surface area contributed by atoms with Gasteiger partial charge in [0.2, 0.25) is 0 Å². The van der Waals surface area contributed by atoms with Crippen molar-refractivity contribution < 1.29 is 13.9 Å². The number of aromatic nitrogens is 1. The first-order chi connectivity index (χ1) is 20.3. The topological polar surface area (TPSA) is 73.8 Å². The van der Waals surface area contributed by atoms with Crippen LogP contribution in [0.15, 0.2) is 105 Å². The molecule has 6 nitrogen and oxygen atoms in total. The maximum atomic E-state index is 14.0. The van der Waals surface area contributed by atoms with Gasteiger partial charge in [-0.25, -0.2) is 9.79 Å². The smallest absolute Gasteiger partial charge is 0.338 e.